The Labute approximate surface area is 137 Å². The van der Waals surface area contributed by atoms with Gasteiger partial charge in [-0.25, -0.2) is 4.39 Å². The lowest BCUT2D eigenvalue weighted by Gasteiger charge is -2.28. The zero-order chi connectivity index (χ0) is 15.4. The van der Waals surface area contributed by atoms with Crippen molar-refractivity contribution in [1.82, 2.24) is 4.90 Å². The Morgan fingerprint density at radius 1 is 1.24 bits per heavy atom. The van der Waals surface area contributed by atoms with Gasteiger partial charge in [-0.1, -0.05) is 45.7 Å². The normalized spacial score (nSPS) is 12.7. The molecule has 0 aromatic heterocycles. The Morgan fingerprint density at radius 2 is 1.90 bits per heavy atom. The molecule has 0 fully saturated rings. The van der Waals surface area contributed by atoms with Gasteiger partial charge in [0.1, 0.15) is 5.82 Å². The van der Waals surface area contributed by atoms with Gasteiger partial charge >= 0.3 is 0 Å². The maximum atomic E-state index is 13.2. The molecule has 2 aromatic carbocycles. The average molecular weight is 372 g/mol. The highest BCUT2D eigenvalue weighted by Gasteiger charge is 2.18. The van der Waals surface area contributed by atoms with E-state index in [1.807, 2.05) is 31.3 Å². The van der Waals surface area contributed by atoms with Crippen molar-refractivity contribution >= 4 is 27.5 Å². The van der Waals surface area contributed by atoms with E-state index in [-0.39, 0.29) is 11.9 Å². The van der Waals surface area contributed by atoms with Crippen LogP contribution in [0.15, 0.2) is 46.9 Å². The molecule has 2 aromatic rings. The van der Waals surface area contributed by atoms with Crippen LogP contribution in [0.5, 0.6) is 0 Å². The van der Waals surface area contributed by atoms with Crippen molar-refractivity contribution in [1.29, 1.82) is 0 Å². The molecule has 0 spiro atoms. The summed E-state index contributed by atoms with van der Waals surface area (Å²) < 4.78 is 14.0. The van der Waals surface area contributed by atoms with Gasteiger partial charge in [0.2, 0.25) is 0 Å². The van der Waals surface area contributed by atoms with Crippen LogP contribution in [0.25, 0.3) is 0 Å². The molecule has 21 heavy (non-hydrogen) atoms. The molecular formula is C16H17BrClFN2. The Bertz CT molecular complexity index is 604. The first-order valence-corrected chi connectivity index (χ1v) is 7.78. The van der Waals surface area contributed by atoms with Gasteiger partial charge in [0.25, 0.3) is 0 Å². The third-order valence-corrected chi connectivity index (χ3v) is 4.36. The van der Waals surface area contributed by atoms with Crippen LogP contribution in [0.2, 0.25) is 5.02 Å². The summed E-state index contributed by atoms with van der Waals surface area (Å²) in [6, 6.07) is 12.4. The first-order chi connectivity index (χ1) is 10.0. The molecule has 5 heteroatoms. The van der Waals surface area contributed by atoms with Gasteiger partial charge in [-0.2, -0.15) is 0 Å². The molecule has 2 N–H and O–H groups in total. The van der Waals surface area contributed by atoms with Crippen LogP contribution in [-0.2, 0) is 6.54 Å². The van der Waals surface area contributed by atoms with Crippen molar-refractivity contribution < 1.29 is 4.39 Å². The Morgan fingerprint density at radius 3 is 2.48 bits per heavy atom. The number of rotatable bonds is 5. The standard InChI is InChI=1S/C16H17BrClFN2/c1-21(10-11-2-4-12(18)5-3-11)16(9-20)14-7-6-13(19)8-15(14)17/h2-8,16H,9-10,20H2,1H3. The van der Waals surface area contributed by atoms with Crippen LogP contribution in [0.3, 0.4) is 0 Å². The van der Waals surface area contributed by atoms with Gasteiger partial charge in [0, 0.05) is 28.6 Å². The topological polar surface area (TPSA) is 29.3 Å². The highest BCUT2D eigenvalue weighted by Crippen LogP contribution is 2.28. The Hall–Kier alpha value is -0.940. The molecule has 2 nitrogen and oxygen atoms in total. The lowest BCUT2D eigenvalue weighted by molar-refractivity contribution is 0.241. The number of nitrogens with zero attached hydrogens (tertiary/aromatic N) is 1. The molecule has 1 atom stereocenters. The van der Waals surface area contributed by atoms with Crippen LogP contribution in [0, 0.1) is 5.82 Å². The summed E-state index contributed by atoms with van der Waals surface area (Å²) in [6.07, 6.45) is 0. The molecule has 112 valence electrons. The fourth-order valence-electron chi connectivity index (χ4n) is 2.30. The molecule has 0 aliphatic carbocycles. The maximum Gasteiger partial charge on any atom is 0.124 e. The lowest BCUT2D eigenvalue weighted by atomic mass is 10.0. The predicted molar refractivity (Wildman–Crippen MR) is 88.8 cm³/mol. The average Bonchev–Trinajstić information content (AvgIpc) is 2.44. The van der Waals surface area contributed by atoms with E-state index in [9.17, 15) is 4.39 Å². The van der Waals surface area contributed by atoms with E-state index in [2.05, 4.69) is 20.8 Å². The summed E-state index contributed by atoms with van der Waals surface area (Å²) in [7, 11) is 2.00. The van der Waals surface area contributed by atoms with Crippen molar-refractivity contribution in [3.63, 3.8) is 0 Å². The van der Waals surface area contributed by atoms with Gasteiger partial charge in [-0.15, -0.1) is 0 Å². The first-order valence-electron chi connectivity index (χ1n) is 6.61. The quantitative estimate of drug-likeness (QED) is 0.845. The molecule has 0 aliphatic rings. The van der Waals surface area contributed by atoms with Crippen LogP contribution >= 0.6 is 27.5 Å². The van der Waals surface area contributed by atoms with Crippen LogP contribution in [0.4, 0.5) is 4.39 Å². The van der Waals surface area contributed by atoms with E-state index in [1.165, 1.54) is 12.1 Å². The molecule has 0 saturated heterocycles. The van der Waals surface area contributed by atoms with Gasteiger partial charge in [-0.05, 0) is 42.4 Å². The molecule has 0 saturated carbocycles. The molecule has 1 unspecified atom stereocenters. The summed E-state index contributed by atoms with van der Waals surface area (Å²) in [5.41, 5.74) is 8.05. The summed E-state index contributed by atoms with van der Waals surface area (Å²) >= 11 is 9.31. The van der Waals surface area contributed by atoms with E-state index in [1.54, 1.807) is 6.07 Å². The van der Waals surface area contributed by atoms with Crippen molar-refractivity contribution in [2.24, 2.45) is 5.73 Å². The molecule has 0 radical (unpaired) electrons. The summed E-state index contributed by atoms with van der Waals surface area (Å²) in [5, 5.41) is 0.720. The van der Waals surface area contributed by atoms with Gasteiger partial charge in [0.05, 0.1) is 0 Å². The minimum atomic E-state index is -0.262. The highest BCUT2D eigenvalue weighted by atomic mass is 79.9. The lowest BCUT2D eigenvalue weighted by Crippen LogP contribution is -2.30. The smallest absolute Gasteiger partial charge is 0.124 e. The number of nitrogens with two attached hydrogens (primary N) is 1. The summed E-state index contributed by atoms with van der Waals surface area (Å²) in [6.45, 7) is 1.19. The summed E-state index contributed by atoms with van der Waals surface area (Å²) in [5.74, 6) is -0.262. The molecule has 0 heterocycles. The zero-order valence-electron chi connectivity index (χ0n) is 11.7. The number of likely N-dealkylation sites (N-methyl/N-ethyl adjacent to an activating group) is 1. The van der Waals surface area contributed by atoms with E-state index in [0.717, 1.165) is 27.2 Å². The van der Waals surface area contributed by atoms with Gasteiger partial charge < -0.3 is 5.73 Å². The second kappa shape index (κ2) is 7.36. The molecule has 2 rings (SSSR count). The van der Waals surface area contributed by atoms with Crippen molar-refractivity contribution in [3.05, 3.63) is 68.9 Å². The van der Waals surface area contributed by atoms with E-state index >= 15 is 0 Å². The maximum absolute atomic E-state index is 13.2. The van der Waals surface area contributed by atoms with E-state index in [4.69, 9.17) is 17.3 Å². The van der Waals surface area contributed by atoms with Crippen molar-refractivity contribution in [2.45, 2.75) is 12.6 Å². The molecule has 0 aliphatic heterocycles. The largest absolute Gasteiger partial charge is 0.329 e. The third-order valence-electron chi connectivity index (χ3n) is 3.42. The highest BCUT2D eigenvalue weighted by molar-refractivity contribution is 9.10. The Kier molecular flexibility index (Phi) is 5.76. The third kappa shape index (κ3) is 4.27. The van der Waals surface area contributed by atoms with E-state index < -0.39 is 0 Å². The predicted octanol–water partition coefficient (Wildman–Crippen LogP) is 4.37. The first kappa shape index (κ1) is 16.4. The molecule has 0 amide bonds. The Balaban J connectivity index is 2.18. The second-order valence-corrected chi connectivity index (χ2v) is 6.25. The number of benzene rings is 2. The molecular weight excluding hydrogens is 355 g/mol. The number of halogens is 3. The fourth-order valence-corrected chi connectivity index (χ4v) is 3.05. The van der Waals surface area contributed by atoms with Crippen LogP contribution < -0.4 is 5.73 Å². The monoisotopic (exact) mass is 370 g/mol. The van der Waals surface area contributed by atoms with Gasteiger partial charge in [0.15, 0.2) is 0 Å². The zero-order valence-corrected chi connectivity index (χ0v) is 14.0. The second-order valence-electron chi connectivity index (χ2n) is 4.96. The van der Waals surface area contributed by atoms with Gasteiger partial charge in [-0.3, -0.25) is 4.90 Å². The van der Waals surface area contributed by atoms with Crippen LogP contribution in [0.1, 0.15) is 17.2 Å². The number of hydrogen-bond donors (Lipinski definition) is 1. The van der Waals surface area contributed by atoms with E-state index in [0.29, 0.717) is 6.54 Å². The molecule has 0 bridgehead atoms. The fraction of sp³-hybridized carbons (Fsp3) is 0.250. The summed E-state index contributed by atoms with van der Waals surface area (Å²) in [4.78, 5) is 2.14. The minimum Gasteiger partial charge on any atom is -0.329 e. The SMILES string of the molecule is CN(Cc1ccc(Cl)cc1)C(CN)c1ccc(F)cc1Br. The minimum absolute atomic E-state index is 0.00986. The van der Waals surface area contributed by atoms with Crippen molar-refractivity contribution in [2.75, 3.05) is 13.6 Å². The van der Waals surface area contributed by atoms with Crippen LogP contribution in [-0.4, -0.2) is 18.5 Å². The van der Waals surface area contributed by atoms with Crippen molar-refractivity contribution in [3.8, 4) is 0 Å². The number of hydrogen-bond acceptors (Lipinski definition) is 2.